The standard InChI is InChI=1S/C17H18N2O4/c1-18-14-7-3-10(9-15(14)23-16(18)20)12-6-4-11-5-8-13(12)19(11)17(21)22-2/h3-4,6-7,9,11-13H,5,8H2,1-2H3. The number of aryl methyl sites for hydroxylation is 1. The summed E-state index contributed by atoms with van der Waals surface area (Å²) in [5.74, 6) is -0.281. The molecule has 2 aromatic rings. The maximum Gasteiger partial charge on any atom is 0.419 e. The monoisotopic (exact) mass is 314 g/mol. The minimum atomic E-state index is -0.367. The molecule has 0 radical (unpaired) electrons. The lowest BCUT2D eigenvalue weighted by molar-refractivity contribution is 0.104. The molecular formula is C17H18N2O4. The molecule has 0 saturated carbocycles. The van der Waals surface area contributed by atoms with Crippen LogP contribution in [-0.4, -0.2) is 34.8 Å². The zero-order valence-corrected chi connectivity index (χ0v) is 13.1. The van der Waals surface area contributed by atoms with E-state index in [1.54, 1.807) is 7.05 Å². The number of nitrogens with zero attached hydrogens (tertiary/aromatic N) is 2. The van der Waals surface area contributed by atoms with E-state index in [1.807, 2.05) is 23.1 Å². The van der Waals surface area contributed by atoms with Crippen LogP contribution in [-0.2, 0) is 11.8 Å². The number of methoxy groups -OCH3 is 1. The van der Waals surface area contributed by atoms with E-state index in [0.29, 0.717) is 5.58 Å². The van der Waals surface area contributed by atoms with E-state index in [-0.39, 0.29) is 29.9 Å². The van der Waals surface area contributed by atoms with Crippen molar-refractivity contribution in [2.24, 2.45) is 7.05 Å². The first-order valence-electron chi connectivity index (χ1n) is 7.74. The summed E-state index contributed by atoms with van der Waals surface area (Å²) in [5.41, 5.74) is 2.39. The molecule has 6 heteroatoms. The molecule has 2 aliphatic rings. The van der Waals surface area contributed by atoms with Crippen LogP contribution in [0.15, 0.2) is 39.6 Å². The van der Waals surface area contributed by atoms with Crippen LogP contribution in [0.25, 0.3) is 11.1 Å². The van der Waals surface area contributed by atoms with Crippen molar-refractivity contribution in [3.05, 3.63) is 46.5 Å². The normalized spacial score (nSPS) is 26.0. The zero-order valence-electron chi connectivity index (χ0n) is 13.1. The molecule has 23 heavy (non-hydrogen) atoms. The number of oxazole rings is 1. The van der Waals surface area contributed by atoms with Gasteiger partial charge in [-0.25, -0.2) is 9.59 Å². The highest BCUT2D eigenvalue weighted by molar-refractivity contribution is 5.74. The zero-order chi connectivity index (χ0) is 16.1. The van der Waals surface area contributed by atoms with Gasteiger partial charge in [0.1, 0.15) is 0 Å². The van der Waals surface area contributed by atoms with E-state index >= 15 is 0 Å². The molecule has 0 spiro atoms. The Labute approximate surface area is 132 Å². The van der Waals surface area contributed by atoms with Gasteiger partial charge in [0, 0.05) is 19.0 Å². The molecule has 6 nitrogen and oxygen atoms in total. The SMILES string of the molecule is COC(=O)N1C2C=CC(c3ccc4c(c3)oc(=O)n4C)C1CC2. The molecule has 120 valence electrons. The molecule has 2 aliphatic heterocycles. The van der Waals surface area contributed by atoms with Gasteiger partial charge in [-0.3, -0.25) is 9.47 Å². The van der Waals surface area contributed by atoms with Gasteiger partial charge in [-0.15, -0.1) is 0 Å². The van der Waals surface area contributed by atoms with Crippen LogP contribution in [0.4, 0.5) is 4.79 Å². The molecule has 3 heterocycles. The van der Waals surface area contributed by atoms with Gasteiger partial charge in [0.2, 0.25) is 0 Å². The van der Waals surface area contributed by atoms with Gasteiger partial charge in [-0.05, 0) is 30.5 Å². The fourth-order valence-electron chi connectivity index (χ4n) is 3.85. The number of carbonyl (C=O) groups excluding carboxylic acids is 1. The van der Waals surface area contributed by atoms with Gasteiger partial charge in [0.15, 0.2) is 5.58 Å². The summed E-state index contributed by atoms with van der Waals surface area (Å²) >= 11 is 0. The largest absolute Gasteiger partial charge is 0.453 e. The molecule has 3 unspecified atom stereocenters. The third-order valence-electron chi connectivity index (χ3n) is 5.01. The maximum atomic E-state index is 12.1. The van der Waals surface area contributed by atoms with E-state index in [0.717, 1.165) is 23.9 Å². The summed E-state index contributed by atoms with van der Waals surface area (Å²) < 4.78 is 11.7. The highest BCUT2D eigenvalue weighted by Crippen LogP contribution is 2.40. The second-order valence-corrected chi connectivity index (χ2v) is 6.15. The predicted octanol–water partition coefficient (Wildman–Crippen LogP) is 2.38. The summed E-state index contributed by atoms with van der Waals surface area (Å²) in [6, 6.07) is 6.01. The molecule has 2 bridgehead atoms. The van der Waals surface area contributed by atoms with Gasteiger partial charge in [-0.2, -0.15) is 0 Å². The number of aromatic nitrogens is 1. The number of rotatable bonds is 1. The smallest absolute Gasteiger partial charge is 0.419 e. The molecule has 1 saturated heterocycles. The molecule has 1 amide bonds. The van der Waals surface area contributed by atoms with E-state index in [4.69, 9.17) is 9.15 Å². The fourth-order valence-corrected chi connectivity index (χ4v) is 3.85. The van der Waals surface area contributed by atoms with Gasteiger partial charge in [-0.1, -0.05) is 18.2 Å². The Hall–Kier alpha value is -2.50. The number of ether oxygens (including phenoxy) is 1. The second kappa shape index (κ2) is 5.01. The van der Waals surface area contributed by atoms with Crippen LogP contribution in [0.1, 0.15) is 24.3 Å². The molecule has 1 aromatic heterocycles. The van der Waals surface area contributed by atoms with Crippen molar-refractivity contribution in [1.82, 2.24) is 9.47 Å². The van der Waals surface area contributed by atoms with E-state index in [2.05, 4.69) is 12.2 Å². The lowest BCUT2D eigenvalue weighted by Crippen LogP contribution is -2.45. The molecule has 0 aliphatic carbocycles. The van der Waals surface area contributed by atoms with Crippen molar-refractivity contribution in [2.75, 3.05) is 7.11 Å². The topological polar surface area (TPSA) is 64.7 Å². The lowest BCUT2D eigenvalue weighted by atomic mass is 9.88. The third kappa shape index (κ3) is 2.01. The summed E-state index contributed by atoms with van der Waals surface area (Å²) in [6.07, 6.45) is 5.85. The Morgan fingerprint density at radius 1 is 1.30 bits per heavy atom. The first kappa shape index (κ1) is 14.1. The van der Waals surface area contributed by atoms with Crippen molar-refractivity contribution in [1.29, 1.82) is 0 Å². The van der Waals surface area contributed by atoms with Gasteiger partial charge in [0.25, 0.3) is 0 Å². The Kier molecular flexibility index (Phi) is 3.07. The molecular weight excluding hydrogens is 296 g/mol. The fraction of sp³-hybridized carbons (Fsp3) is 0.412. The Bertz CT molecular complexity index is 863. The average Bonchev–Trinajstić information content (AvgIpc) is 3.01. The maximum absolute atomic E-state index is 12.1. The molecule has 1 aromatic carbocycles. The first-order valence-corrected chi connectivity index (χ1v) is 7.74. The second-order valence-electron chi connectivity index (χ2n) is 6.15. The Morgan fingerprint density at radius 3 is 2.91 bits per heavy atom. The highest BCUT2D eigenvalue weighted by Gasteiger charge is 2.43. The Morgan fingerprint density at radius 2 is 2.13 bits per heavy atom. The summed E-state index contributed by atoms with van der Waals surface area (Å²) in [7, 11) is 3.11. The van der Waals surface area contributed by atoms with Crippen LogP contribution in [0.5, 0.6) is 0 Å². The van der Waals surface area contributed by atoms with E-state index in [9.17, 15) is 9.59 Å². The summed E-state index contributed by atoms with van der Waals surface area (Å²) in [5, 5.41) is 0. The van der Waals surface area contributed by atoms with E-state index in [1.165, 1.54) is 11.7 Å². The summed E-state index contributed by atoms with van der Waals surface area (Å²) in [6.45, 7) is 0. The highest BCUT2D eigenvalue weighted by atomic mass is 16.5. The van der Waals surface area contributed by atoms with Crippen LogP contribution < -0.4 is 5.76 Å². The number of amides is 1. The third-order valence-corrected chi connectivity index (χ3v) is 5.01. The van der Waals surface area contributed by atoms with E-state index < -0.39 is 0 Å². The Balaban J connectivity index is 1.75. The van der Waals surface area contributed by atoms with Crippen molar-refractivity contribution in [2.45, 2.75) is 30.8 Å². The predicted molar refractivity (Wildman–Crippen MR) is 84.4 cm³/mol. The van der Waals surface area contributed by atoms with Crippen LogP contribution in [0, 0.1) is 0 Å². The van der Waals surface area contributed by atoms with Crippen molar-refractivity contribution in [3.8, 4) is 0 Å². The van der Waals surface area contributed by atoms with Gasteiger partial charge < -0.3 is 9.15 Å². The van der Waals surface area contributed by atoms with Crippen LogP contribution >= 0.6 is 0 Å². The molecule has 4 rings (SSSR count). The van der Waals surface area contributed by atoms with Crippen molar-refractivity contribution >= 4 is 17.2 Å². The molecule has 1 fully saturated rings. The lowest BCUT2D eigenvalue weighted by Gasteiger charge is -2.35. The van der Waals surface area contributed by atoms with Crippen molar-refractivity contribution in [3.63, 3.8) is 0 Å². The minimum Gasteiger partial charge on any atom is -0.453 e. The number of hydrogen-bond acceptors (Lipinski definition) is 4. The van der Waals surface area contributed by atoms with Crippen LogP contribution in [0.3, 0.4) is 0 Å². The number of hydrogen-bond donors (Lipinski definition) is 0. The number of benzene rings is 1. The number of carbonyl (C=O) groups is 1. The summed E-state index contributed by atoms with van der Waals surface area (Å²) in [4.78, 5) is 25.5. The first-order chi connectivity index (χ1) is 11.1. The average molecular weight is 314 g/mol. The quantitative estimate of drug-likeness (QED) is 0.758. The molecule has 3 atom stereocenters. The van der Waals surface area contributed by atoms with Crippen LogP contribution in [0.2, 0.25) is 0 Å². The number of fused-ring (bicyclic) bond motifs is 3. The van der Waals surface area contributed by atoms with Gasteiger partial charge >= 0.3 is 11.8 Å². The minimum absolute atomic E-state index is 0.0859. The molecule has 0 N–H and O–H groups in total. The van der Waals surface area contributed by atoms with Crippen molar-refractivity contribution < 1.29 is 13.9 Å². The van der Waals surface area contributed by atoms with Gasteiger partial charge in [0.05, 0.1) is 18.7 Å².